The number of alkyl halides is 3. The highest BCUT2D eigenvalue weighted by molar-refractivity contribution is 5.94. The van der Waals surface area contributed by atoms with E-state index in [-0.39, 0.29) is 29.4 Å². The van der Waals surface area contributed by atoms with Crippen LogP contribution in [0.2, 0.25) is 0 Å². The number of likely N-dealkylation sites (tertiary alicyclic amines) is 1. The average Bonchev–Trinajstić information content (AvgIpc) is 3.16. The zero-order valence-electron chi connectivity index (χ0n) is 17.8. The predicted octanol–water partition coefficient (Wildman–Crippen LogP) is 4.07. The minimum absolute atomic E-state index is 0.109. The third-order valence-corrected chi connectivity index (χ3v) is 6.95. The van der Waals surface area contributed by atoms with Crippen LogP contribution in [-0.2, 0) is 6.18 Å². The Labute approximate surface area is 188 Å². The summed E-state index contributed by atoms with van der Waals surface area (Å²) in [6, 6.07) is 10.8. The summed E-state index contributed by atoms with van der Waals surface area (Å²) in [5, 5.41) is 19.0. The lowest BCUT2D eigenvalue weighted by Crippen LogP contribution is -2.45. The molecule has 0 aromatic heterocycles. The molecule has 0 bridgehead atoms. The largest absolute Gasteiger partial charge is 0.417 e. The number of piperidine rings is 1. The molecule has 2 aromatic rings. The zero-order chi connectivity index (χ0) is 23.8. The molecule has 0 radical (unpaired) electrons. The van der Waals surface area contributed by atoms with Gasteiger partial charge in [-0.05, 0) is 54.7 Å². The van der Waals surface area contributed by atoms with Crippen LogP contribution in [0.15, 0.2) is 42.5 Å². The van der Waals surface area contributed by atoms with E-state index in [1.165, 1.54) is 30.3 Å². The Morgan fingerprint density at radius 2 is 1.91 bits per heavy atom. The van der Waals surface area contributed by atoms with Crippen LogP contribution in [0.4, 0.5) is 23.2 Å². The molecule has 1 atom stereocenters. The number of hydrogen-bond donors (Lipinski definition) is 1. The topological polar surface area (TPSA) is 67.6 Å². The maximum atomic E-state index is 13.6. The third kappa shape index (κ3) is 4.40. The summed E-state index contributed by atoms with van der Waals surface area (Å²) in [6.45, 7) is 1.56. The van der Waals surface area contributed by atoms with E-state index in [1.54, 1.807) is 17.0 Å². The number of benzene rings is 2. The van der Waals surface area contributed by atoms with E-state index in [9.17, 15) is 27.5 Å². The summed E-state index contributed by atoms with van der Waals surface area (Å²) in [6.07, 6.45) is -3.44. The molecule has 4 rings (SSSR count). The molecule has 1 spiro atoms. The second kappa shape index (κ2) is 8.67. The van der Waals surface area contributed by atoms with Crippen molar-refractivity contribution in [3.05, 3.63) is 65.0 Å². The molecular weight excluding hydrogens is 438 g/mol. The Morgan fingerprint density at radius 1 is 1.18 bits per heavy atom. The Morgan fingerprint density at radius 3 is 2.52 bits per heavy atom. The Hall–Kier alpha value is -3.12. The van der Waals surface area contributed by atoms with Crippen LogP contribution in [-0.4, -0.2) is 48.7 Å². The van der Waals surface area contributed by atoms with E-state index < -0.39 is 23.1 Å². The number of anilines is 1. The first kappa shape index (κ1) is 23.1. The lowest BCUT2D eigenvalue weighted by Gasteiger charge is -2.43. The highest BCUT2D eigenvalue weighted by atomic mass is 19.4. The fraction of sp³-hybridized carbons (Fsp3) is 0.417. The number of carbonyl (C=O) groups excluding carboxylic acids is 1. The first-order chi connectivity index (χ1) is 15.7. The molecule has 0 saturated carbocycles. The van der Waals surface area contributed by atoms with Gasteiger partial charge in [0.2, 0.25) is 0 Å². The van der Waals surface area contributed by atoms with Crippen LogP contribution in [0.25, 0.3) is 0 Å². The normalized spacial score (nSPS) is 20.2. The van der Waals surface area contributed by atoms with Crippen molar-refractivity contribution in [3.63, 3.8) is 0 Å². The number of aliphatic hydroxyl groups excluding tert-OH is 1. The van der Waals surface area contributed by atoms with Gasteiger partial charge in [0.1, 0.15) is 5.82 Å². The first-order valence-corrected chi connectivity index (χ1v) is 10.7. The lowest BCUT2D eigenvalue weighted by molar-refractivity contribution is -0.137. The van der Waals surface area contributed by atoms with Crippen molar-refractivity contribution in [1.82, 2.24) is 4.90 Å². The van der Waals surface area contributed by atoms with Gasteiger partial charge in [-0.15, -0.1) is 0 Å². The van der Waals surface area contributed by atoms with Crippen molar-refractivity contribution in [2.75, 3.05) is 37.7 Å². The number of rotatable bonds is 3. The molecule has 2 aromatic carbocycles. The van der Waals surface area contributed by atoms with Gasteiger partial charge >= 0.3 is 6.18 Å². The van der Waals surface area contributed by atoms with Gasteiger partial charge in [0.25, 0.3) is 5.91 Å². The predicted molar refractivity (Wildman–Crippen MR) is 113 cm³/mol. The molecule has 2 aliphatic heterocycles. The van der Waals surface area contributed by atoms with Crippen LogP contribution >= 0.6 is 0 Å². The molecule has 1 N–H and O–H groups in total. The van der Waals surface area contributed by atoms with Crippen molar-refractivity contribution in [2.24, 2.45) is 11.3 Å². The van der Waals surface area contributed by atoms with E-state index >= 15 is 0 Å². The second-order valence-electron chi connectivity index (χ2n) is 8.76. The molecule has 0 aliphatic carbocycles. The van der Waals surface area contributed by atoms with Gasteiger partial charge in [0.15, 0.2) is 0 Å². The highest BCUT2D eigenvalue weighted by Crippen LogP contribution is 2.46. The number of aliphatic hydroxyl groups is 1. The number of nitrogens with zero attached hydrogens (tertiary/aromatic N) is 3. The van der Waals surface area contributed by atoms with Crippen molar-refractivity contribution in [2.45, 2.75) is 19.0 Å². The monoisotopic (exact) mass is 461 g/mol. The summed E-state index contributed by atoms with van der Waals surface area (Å²) in [7, 11) is 0. The van der Waals surface area contributed by atoms with E-state index in [4.69, 9.17) is 5.26 Å². The molecule has 174 valence electrons. The fourth-order valence-corrected chi connectivity index (χ4v) is 5.08. The molecule has 1 amide bonds. The van der Waals surface area contributed by atoms with E-state index in [2.05, 4.69) is 0 Å². The van der Waals surface area contributed by atoms with Crippen LogP contribution in [0.1, 0.15) is 34.3 Å². The summed E-state index contributed by atoms with van der Waals surface area (Å²) in [4.78, 5) is 16.4. The van der Waals surface area contributed by atoms with Crippen molar-refractivity contribution >= 4 is 11.6 Å². The van der Waals surface area contributed by atoms with Crippen molar-refractivity contribution in [1.29, 1.82) is 5.26 Å². The van der Waals surface area contributed by atoms with Gasteiger partial charge < -0.3 is 14.9 Å². The summed E-state index contributed by atoms with van der Waals surface area (Å²) >= 11 is 0. The van der Waals surface area contributed by atoms with Gasteiger partial charge in [-0.1, -0.05) is 6.07 Å². The second-order valence-corrected chi connectivity index (χ2v) is 8.76. The number of amides is 1. The number of nitriles is 1. The van der Waals surface area contributed by atoms with Gasteiger partial charge in [0, 0.05) is 50.0 Å². The molecule has 2 heterocycles. The van der Waals surface area contributed by atoms with Crippen molar-refractivity contribution in [3.8, 4) is 6.07 Å². The standard InChI is InChI=1S/C24H23F4N3O2/c25-19-3-1-2-16(10-19)22(33)31-13-18(14-32)23(15-31)6-8-30(9-7-23)20-5-4-17(12-29)21(11-20)24(26,27)28/h1-5,10-11,18,32H,6-9,13-15H2. The quantitative estimate of drug-likeness (QED) is 0.700. The third-order valence-electron chi connectivity index (χ3n) is 6.95. The Kier molecular flexibility index (Phi) is 6.06. The maximum absolute atomic E-state index is 13.6. The number of carbonyl (C=O) groups is 1. The minimum Gasteiger partial charge on any atom is -0.396 e. The molecule has 2 saturated heterocycles. The molecule has 5 nitrogen and oxygen atoms in total. The van der Waals surface area contributed by atoms with Gasteiger partial charge in [-0.3, -0.25) is 4.79 Å². The first-order valence-electron chi connectivity index (χ1n) is 10.7. The Balaban J connectivity index is 1.50. The Bertz CT molecular complexity index is 1090. The summed E-state index contributed by atoms with van der Waals surface area (Å²) in [5.74, 6) is -0.958. The van der Waals surface area contributed by atoms with Crippen LogP contribution < -0.4 is 4.90 Å². The van der Waals surface area contributed by atoms with Gasteiger partial charge in [-0.2, -0.15) is 18.4 Å². The minimum atomic E-state index is -4.62. The van der Waals surface area contributed by atoms with Gasteiger partial charge in [-0.25, -0.2) is 4.39 Å². The summed E-state index contributed by atoms with van der Waals surface area (Å²) in [5.41, 5.74) is -1.08. The molecule has 2 aliphatic rings. The van der Waals surface area contributed by atoms with Crippen LogP contribution in [0, 0.1) is 28.5 Å². The van der Waals surface area contributed by atoms with E-state index in [0.29, 0.717) is 44.7 Å². The number of hydrogen-bond acceptors (Lipinski definition) is 4. The van der Waals surface area contributed by atoms with Crippen LogP contribution in [0.5, 0.6) is 0 Å². The fourth-order valence-electron chi connectivity index (χ4n) is 5.08. The molecular formula is C24H23F4N3O2. The molecule has 2 fully saturated rings. The zero-order valence-corrected chi connectivity index (χ0v) is 17.8. The lowest BCUT2D eigenvalue weighted by atomic mass is 9.71. The molecule has 9 heteroatoms. The summed E-state index contributed by atoms with van der Waals surface area (Å²) < 4.78 is 53.6. The SMILES string of the molecule is N#Cc1ccc(N2CCC3(CC2)CN(C(=O)c2cccc(F)c2)CC3CO)cc1C(F)(F)F. The highest BCUT2D eigenvalue weighted by Gasteiger charge is 2.49. The van der Waals surface area contributed by atoms with Crippen LogP contribution in [0.3, 0.4) is 0 Å². The maximum Gasteiger partial charge on any atom is 0.417 e. The average molecular weight is 461 g/mol. The number of halogens is 4. The molecule has 33 heavy (non-hydrogen) atoms. The smallest absolute Gasteiger partial charge is 0.396 e. The van der Waals surface area contributed by atoms with Gasteiger partial charge in [0.05, 0.1) is 17.2 Å². The van der Waals surface area contributed by atoms with Crippen molar-refractivity contribution < 1.29 is 27.5 Å². The molecule has 1 unspecified atom stereocenters. The van der Waals surface area contributed by atoms with E-state index in [0.717, 1.165) is 6.07 Å². The van der Waals surface area contributed by atoms with E-state index in [1.807, 2.05) is 4.90 Å².